The average molecular weight is 375 g/mol. The van der Waals surface area contributed by atoms with E-state index in [9.17, 15) is 4.39 Å². The summed E-state index contributed by atoms with van der Waals surface area (Å²) in [5, 5.41) is 0. The lowest BCUT2D eigenvalue weighted by Crippen LogP contribution is -2.13. The van der Waals surface area contributed by atoms with E-state index in [1.54, 1.807) is 0 Å². The maximum atomic E-state index is 14.2. The molecule has 0 aromatic heterocycles. The van der Waals surface area contributed by atoms with Gasteiger partial charge in [0, 0.05) is 6.42 Å². The molecule has 2 rings (SSSR count). The van der Waals surface area contributed by atoms with Crippen molar-refractivity contribution in [3.8, 4) is 0 Å². The Morgan fingerprint density at radius 2 is 1.44 bits per heavy atom. The molecule has 0 bridgehead atoms. The van der Waals surface area contributed by atoms with E-state index < -0.39 is 6.17 Å². The second-order valence-corrected chi connectivity index (χ2v) is 8.96. The first-order valence-electron chi connectivity index (χ1n) is 12.0. The number of hydrogen-bond donors (Lipinski definition) is 0. The largest absolute Gasteiger partial charge is 0.247 e. The summed E-state index contributed by atoms with van der Waals surface area (Å²) in [6, 6.07) is 8.94. The predicted molar refractivity (Wildman–Crippen MR) is 117 cm³/mol. The topological polar surface area (TPSA) is 0 Å². The van der Waals surface area contributed by atoms with Crippen molar-refractivity contribution in [2.45, 2.75) is 122 Å². The number of benzene rings is 1. The lowest BCUT2D eigenvalue weighted by atomic mass is 9.77. The Morgan fingerprint density at radius 1 is 0.815 bits per heavy atom. The Bertz CT molecular complexity index is 469. The van der Waals surface area contributed by atoms with Gasteiger partial charge in [-0.05, 0) is 55.1 Å². The molecule has 1 aliphatic carbocycles. The Morgan fingerprint density at radius 3 is 2.07 bits per heavy atom. The summed E-state index contributed by atoms with van der Waals surface area (Å²) in [4.78, 5) is 0. The molecular weight excluding hydrogens is 331 g/mol. The van der Waals surface area contributed by atoms with Crippen LogP contribution in [0.4, 0.5) is 4.39 Å². The number of alkyl halides is 1. The van der Waals surface area contributed by atoms with E-state index >= 15 is 0 Å². The summed E-state index contributed by atoms with van der Waals surface area (Å²) >= 11 is 0. The van der Waals surface area contributed by atoms with Crippen LogP contribution in [0.3, 0.4) is 0 Å². The predicted octanol–water partition coefficient (Wildman–Crippen LogP) is 8.78. The molecule has 0 nitrogen and oxygen atoms in total. The molecule has 1 heteroatoms. The minimum absolute atomic E-state index is 0.594. The Kier molecular flexibility index (Phi) is 11.1. The van der Waals surface area contributed by atoms with Crippen LogP contribution < -0.4 is 0 Å². The highest BCUT2D eigenvalue weighted by molar-refractivity contribution is 5.26. The first-order chi connectivity index (χ1) is 13.2. The molecule has 1 unspecified atom stereocenters. The van der Waals surface area contributed by atoms with Crippen LogP contribution in [-0.2, 0) is 6.42 Å². The zero-order valence-corrected chi connectivity index (χ0v) is 18.0. The molecule has 27 heavy (non-hydrogen) atoms. The summed E-state index contributed by atoms with van der Waals surface area (Å²) in [6.45, 7) is 4.49. The van der Waals surface area contributed by atoms with E-state index in [1.165, 1.54) is 88.2 Å². The van der Waals surface area contributed by atoms with Crippen LogP contribution in [0.2, 0.25) is 0 Å². The van der Waals surface area contributed by atoms with E-state index in [0.29, 0.717) is 6.42 Å². The van der Waals surface area contributed by atoms with E-state index in [-0.39, 0.29) is 0 Å². The fraction of sp³-hybridized carbons (Fsp3) is 0.769. The monoisotopic (exact) mass is 374 g/mol. The van der Waals surface area contributed by atoms with Gasteiger partial charge < -0.3 is 0 Å². The van der Waals surface area contributed by atoms with Crippen molar-refractivity contribution >= 4 is 0 Å². The average Bonchev–Trinajstić information content (AvgIpc) is 2.70. The van der Waals surface area contributed by atoms with E-state index in [2.05, 4.69) is 38.1 Å². The van der Waals surface area contributed by atoms with Crippen LogP contribution in [-0.4, -0.2) is 6.17 Å². The molecule has 1 fully saturated rings. The van der Waals surface area contributed by atoms with Gasteiger partial charge in [0.1, 0.15) is 6.17 Å². The van der Waals surface area contributed by atoms with E-state index in [0.717, 1.165) is 24.7 Å². The van der Waals surface area contributed by atoms with Crippen LogP contribution in [0, 0.1) is 5.92 Å². The van der Waals surface area contributed by atoms with Crippen molar-refractivity contribution in [1.29, 1.82) is 0 Å². The minimum Gasteiger partial charge on any atom is -0.247 e. The molecule has 0 saturated heterocycles. The Balaban J connectivity index is 1.68. The second-order valence-electron chi connectivity index (χ2n) is 8.96. The van der Waals surface area contributed by atoms with Gasteiger partial charge in [-0.3, -0.25) is 0 Å². The highest BCUT2D eigenvalue weighted by Gasteiger charge is 2.22. The summed E-state index contributed by atoms with van der Waals surface area (Å²) in [6.07, 6.45) is 17.9. The van der Waals surface area contributed by atoms with Crippen molar-refractivity contribution in [2.24, 2.45) is 5.92 Å². The normalized spacial score (nSPS) is 21.3. The SMILES string of the molecule is CCCCCCC(F)Cc1ccc(C2CCC(CCCCCC)CC2)cc1. The Hall–Kier alpha value is -0.850. The molecule has 0 heterocycles. The molecule has 0 spiro atoms. The van der Waals surface area contributed by atoms with Crippen molar-refractivity contribution in [3.63, 3.8) is 0 Å². The van der Waals surface area contributed by atoms with Crippen molar-refractivity contribution in [2.75, 3.05) is 0 Å². The highest BCUT2D eigenvalue weighted by atomic mass is 19.1. The fourth-order valence-electron chi connectivity index (χ4n) is 4.72. The zero-order valence-electron chi connectivity index (χ0n) is 18.0. The van der Waals surface area contributed by atoms with Crippen LogP contribution in [0.1, 0.15) is 121 Å². The molecule has 1 aromatic carbocycles. The summed E-state index contributed by atoms with van der Waals surface area (Å²) in [5.74, 6) is 1.71. The summed E-state index contributed by atoms with van der Waals surface area (Å²) < 4.78 is 14.2. The lowest BCUT2D eigenvalue weighted by molar-refractivity contribution is 0.301. The van der Waals surface area contributed by atoms with E-state index in [4.69, 9.17) is 0 Å². The van der Waals surface area contributed by atoms with Gasteiger partial charge in [-0.25, -0.2) is 4.39 Å². The Labute approximate surface area is 168 Å². The van der Waals surface area contributed by atoms with E-state index in [1.807, 2.05) is 0 Å². The van der Waals surface area contributed by atoms with Crippen molar-refractivity contribution in [3.05, 3.63) is 35.4 Å². The second kappa shape index (κ2) is 13.3. The summed E-state index contributed by atoms with van der Waals surface area (Å²) in [5.41, 5.74) is 2.66. The lowest BCUT2D eigenvalue weighted by Gasteiger charge is -2.29. The number of halogens is 1. The quantitative estimate of drug-likeness (QED) is 0.303. The van der Waals surface area contributed by atoms with Crippen LogP contribution >= 0.6 is 0 Å². The third-order valence-corrected chi connectivity index (χ3v) is 6.59. The molecule has 0 aliphatic heterocycles. The highest BCUT2D eigenvalue weighted by Crippen LogP contribution is 2.37. The first kappa shape index (κ1) is 22.4. The smallest absolute Gasteiger partial charge is 0.104 e. The van der Waals surface area contributed by atoms with Crippen LogP contribution in [0.25, 0.3) is 0 Å². The molecule has 1 aliphatic rings. The first-order valence-corrected chi connectivity index (χ1v) is 12.0. The van der Waals surface area contributed by atoms with Gasteiger partial charge in [-0.15, -0.1) is 0 Å². The fourth-order valence-corrected chi connectivity index (χ4v) is 4.72. The molecule has 1 atom stereocenters. The van der Waals surface area contributed by atoms with Gasteiger partial charge in [0.2, 0.25) is 0 Å². The number of hydrogen-bond acceptors (Lipinski definition) is 0. The molecule has 1 aromatic rings. The van der Waals surface area contributed by atoms with Gasteiger partial charge in [-0.2, -0.15) is 0 Å². The third-order valence-electron chi connectivity index (χ3n) is 6.59. The minimum atomic E-state index is -0.671. The van der Waals surface area contributed by atoms with Crippen molar-refractivity contribution in [1.82, 2.24) is 0 Å². The van der Waals surface area contributed by atoms with Gasteiger partial charge in [0.15, 0.2) is 0 Å². The molecule has 154 valence electrons. The third kappa shape index (κ3) is 8.79. The van der Waals surface area contributed by atoms with Crippen LogP contribution in [0.15, 0.2) is 24.3 Å². The van der Waals surface area contributed by atoms with Gasteiger partial charge >= 0.3 is 0 Å². The van der Waals surface area contributed by atoms with Gasteiger partial charge in [0.25, 0.3) is 0 Å². The zero-order chi connectivity index (χ0) is 19.3. The van der Waals surface area contributed by atoms with Crippen LogP contribution in [0.5, 0.6) is 0 Å². The maximum Gasteiger partial charge on any atom is 0.104 e. The molecule has 0 radical (unpaired) electrons. The summed E-state index contributed by atoms with van der Waals surface area (Å²) in [7, 11) is 0. The standard InChI is InChI=1S/C26H43F/c1-3-5-7-9-11-22-13-17-24(18-14-22)25-19-15-23(16-20-25)21-26(27)12-10-8-6-4-2/h15-16,19-20,22,24,26H,3-14,17-18,21H2,1-2H3. The molecule has 1 saturated carbocycles. The van der Waals surface area contributed by atoms with Crippen molar-refractivity contribution < 1.29 is 4.39 Å². The number of unbranched alkanes of at least 4 members (excludes halogenated alkanes) is 6. The van der Waals surface area contributed by atoms with Gasteiger partial charge in [-0.1, -0.05) is 95.9 Å². The number of rotatable bonds is 13. The van der Waals surface area contributed by atoms with Gasteiger partial charge in [0.05, 0.1) is 0 Å². The molecule has 0 N–H and O–H groups in total. The molecular formula is C26H43F. The molecule has 0 amide bonds. The maximum absolute atomic E-state index is 14.2.